The van der Waals surface area contributed by atoms with E-state index in [1.54, 1.807) is 6.07 Å². The Morgan fingerprint density at radius 1 is 1.12 bits per heavy atom. The van der Waals surface area contributed by atoms with Crippen LogP contribution in [0.2, 0.25) is 0 Å². The van der Waals surface area contributed by atoms with Crippen molar-refractivity contribution < 1.29 is 18.8 Å². The van der Waals surface area contributed by atoms with Gasteiger partial charge in [0.25, 0.3) is 11.8 Å². The molecule has 1 fully saturated rings. The summed E-state index contributed by atoms with van der Waals surface area (Å²) in [5.41, 5.74) is 0.485. The van der Waals surface area contributed by atoms with Crippen molar-refractivity contribution in [1.29, 1.82) is 0 Å². The molecule has 0 aliphatic carbocycles. The first-order valence-corrected chi connectivity index (χ1v) is 7.95. The molecule has 2 heterocycles. The summed E-state index contributed by atoms with van der Waals surface area (Å²) in [6.45, 7) is 1.87. The predicted octanol–water partition coefficient (Wildman–Crippen LogP) is 2.86. The van der Waals surface area contributed by atoms with E-state index in [9.17, 15) is 18.8 Å². The molecule has 0 unspecified atom stereocenters. The largest absolute Gasteiger partial charge is 0.331 e. The minimum absolute atomic E-state index is 0.0426. The van der Waals surface area contributed by atoms with Crippen LogP contribution in [0.15, 0.2) is 42.0 Å². The number of benzene rings is 1. The fourth-order valence-corrected chi connectivity index (χ4v) is 3.10. The van der Waals surface area contributed by atoms with Crippen LogP contribution in [0.3, 0.4) is 0 Å². The molecule has 1 aliphatic heterocycles. The number of amides is 4. The van der Waals surface area contributed by atoms with Crippen molar-refractivity contribution in [1.82, 2.24) is 10.2 Å². The van der Waals surface area contributed by atoms with Gasteiger partial charge in [-0.15, -0.1) is 11.3 Å². The summed E-state index contributed by atoms with van der Waals surface area (Å²) < 4.78 is 13.0. The number of aryl methyl sites for hydroxylation is 1. The van der Waals surface area contributed by atoms with Crippen LogP contribution < -0.4 is 5.32 Å². The quantitative estimate of drug-likeness (QED) is 0.688. The molecule has 0 saturated carbocycles. The number of carbonyl (C=O) groups excluding carboxylic acids is 3. The van der Waals surface area contributed by atoms with Crippen LogP contribution in [0.5, 0.6) is 0 Å². The van der Waals surface area contributed by atoms with Gasteiger partial charge in [0.15, 0.2) is 0 Å². The van der Waals surface area contributed by atoms with E-state index in [-0.39, 0.29) is 12.1 Å². The number of imide groups is 2. The molecule has 24 heavy (non-hydrogen) atoms. The lowest BCUT2D eigenvalue weighted by atomic mass is 10.1. The third-order valence-electron chi connectivity index (χ3n) is 3.49. The van der Waals surface area contributed by atoms with E-state index < -0.39 is 23.7 Å². The Balaban J connectivity index is 1.88. The maximum atomic E-state index is 13.0. The lowest BCUT2D eigenvalue weighted by Crippen LogP contribution is -2.53. The number of urea groups is 1. The number of hydrogen-bond acceptors (Lipinski definition) is 4. The van der Waals surface area contributed by atoms with Crippen molar-refractivity contribution in [2.24, 2.45) is 0 Å². The number of hydrogen-bond donors (Lipinski definition) is 1. The standard InChI is InChI=1S/C17H13FN2O3S/c1-10-2-7-13(24-10)8-14-15(21)19-17(23)20(16(14)22)9-11-3-5-12(18)6-4-11/h2-8H,9H2,1H3,(H,19,21,23)/b14-8+. The zero-order valence-electron chi connectivity index (χ0n) is 12.7. The van der Waals surface area contributed by atoms with Gasteiger partial charge in [0.2, 0.25) is 0 Å². The highest BCUT2D eigenvalue weighted by Gasteiger charge is 2.35. The summed E-state index contributed by atoms with van der Waals surface area (Å²) in [5, 5.41) is 2.16. The second kappa shape index (κ2) is 6.37. The molecule has 1 aromatic heterocycles. The molecule has 0 radical (unpaired) electrons. The predicted molar refractivity (Wildman–Crippen MR) is 87.5 cm³/mol. The summed E-state index contributed by atoms with van der Waals surface area (Å²) in [6.07, 6.45) is 1.47. The van der Waals surface area contributed by atoms with Crippen molar-refractivity contribution in [3.63, 3.8) is 0 Å². The van der Waals surface area contributed by atoms with Crippen LogP contribution in [0.4, 0.5) is 9.18 Å². The summed E-state index contributed by atoms with van der Waals surface area (Å²) in [4.78, 5) is 39.2. The van der Waals surface area contributed by atoms with Crippen molar-refractivity contribution in [2.45, 2.75) is 13.5 Å². The molecule has 5 nitrogen and oxygen atoms in total. The highest BCUT2D eigenvalue weighted by Crippen LogP contribution is 2.21. The van der Waals surface area contributed by atoms with Gasteiger partial charge in [-0.3, -0.25) is 19.8 Å². The number of nitrogens with zero attached hydrogens (tertiary/aromatic N) is 1. The third-order valence-corrected chi connectivity index (χ3v) is 4.44. The number of thiophene rings is 1. The van der Waals surface area contributed by atoms with E-state index in [4.69, 9.17) is 0 Å². The van der Waals surface area contributed by atoms with Crippen LogP contribution in [0.1, 0.15) is 15.3 Å². The average molecular weight is 344 g/mol. The van der Waals surface area contributed by atoms with Crippen LogP contribution in [0.25, 0.3) is 6.08 Å². The first kappa shape index (κ1) is 16.1. The third kappa shape index (κ3) is 3.26. The normalized spacial score (nSPS) is 16.7. The van der Waals surface area contributed by atoms with Crippen molar-refractivity contribution >= 4 is 35.3 Å². The van der Waals surface area contributed by atoms with E-state index in [0.29, 0.717) is 5.56 Å². The smallest absolute Gasteiger partial charge is 0.273 e. The molecule has 0 atom stereocenters. The number of halogens is 1. The number of carbonyl (C=O) groups is 3. The van der Waals surface area contributed by atoms with Crippen LogP contribution in [-0.2, 0) is 16.1 Å². The molecule has 1 aliphatic rings. The summed E-state index contributed by atoms with van der Waals surface area (Å²) in [5.74, 6) is -1.79. The van der Waals surface area contributed by atoms with Gasteiger partial charge in [-0.2, -0.15) is 0 Å². The molecule has 122 valence electrons. The Hall–Kier alpha value is -2.80. The molecule has 3 rings (SSSR count). The Bertz CT molecular complexity index is 855. The lowest BCUT2D eigenvalue weighted by Gasteiger charge is -2.26. The van der Waals surface area contributed by atoms with E-state index >= 15 is 0 Å². The fraction of sp³-hybridized carbons (Fsp3) is 0.118. The van der Waals surface area contributed by atoms with Crippen LogP contribution >= 0.6 is 11.3 Å². The fourth-order valence-electron chi connectivity index (χ4n) is 2.28. The van der Waals surface area contributed by atoms with Crippen LogP contribution in [-0.4, -0.2) is 22.7 Å². The molecule has 2 aromatic rings. The zero-order chi connectivity index (χ0) is 17.3. The average Bonchev–Trinajstić information content (AvgIpc) is 2.95. The second-order valence-corrected chi connectivity index (χ2v) is 6.60. The summed E-state index contributed by atoms with van der Waals surface area (Å²) >= 11 is 1.44. The SMILES string of the molecule is Cc1ccc(/C=C2\C(=O)NC(=O)N(Cc3ccc(F)cc3)C2=O)s1. The van der Waals surface area contributed by atoms with Crippen molar-refractivity contribution in [3.8, 4) is 0 Å². The van der Waals surface area contributed by atoms with Gasteiger partial charge in [-0.1, -0.05) is 12.1 Å². The van der Waals surface area contributed by atoms with Gasteiger partial charge >= 0.3 is 6.03 Å². The molecular formula is C17H13FN2O3S. The van der Waals surface area contributed by atoms with E-state index in [1.165, 1.54) is 41.7 Å². The first-order chi connectivity index (χ1) is 11.4. The molecule has 1 N–H and O–H groups in total. The molecule has 0 spiro atoms. The van der Waals surface area contributed by atoms with Crippen molar-refractivity contribution in [2.75, 3.05) is 0 Å². The van der Waals surface area contributed by atoms with Gasteiger partial charge in [-0.05, 0) is 42.8 Å². The summed E-state index contributed by atoms with van der Waals surface area (Å²) in [6, 6.07) is 8.36. The number of rotatable bonds is 3. The monoisotopic (exact) mass is 344 g/mol. The van der Waals surface area contributed by atoms with Gasteiger partial charge in [0.1, 0.15) is 11.4 Å². The Morgan fingerprint density at radius 3 is 2.46 bits per heavy atom. The highest BCUT2D eigenvalue weighted by atomic mass is 32.1. The Labute approximate surface area is 141 Å². The Morgan fingerprint density at radius 2 is 1.83 bits per heavy atom. The van der Waals surface area contributed by atoms with Gasteiger partial charge in [0, 0.05) is 9.75 Å². The first-order valence-electron chi connectivity index (χ1n) is 7.14. The molecule has 7 heteroatoms. The van der Waals surface area contributed by atoms with Gasteiger partial charge < -0.3 is 0 Å². The van der Waals surface area contributed by atoms with Gasteiger partial charge in [0.05, 0.1) is 6.54 Å². The maximum Gasteiger partial charge on any atom is 0.331 e. The van der Waals surface area contributed by atoms with Gasteiger partial charge in [-0.25, -0.2) is 9.18 Å². The van der Waals surface area contributed by atoms with Crippen molar-refractivity contribution in [3.05, 3.63) is 63.1 Å². The van der Waals surface area contributed by atoms with Crippen LogP contribution in [0, 0.1) is 12.7 Å². The highest BCUT2D eigenvalue weighted by molar-refractivity contribution is 7.12. The maximum absolute atomic E-state index is 13.0. The molecule has 4 amide bonds. The molecule has 0 bridgehead atoms. The molecule has 1 saturated heterocycles. The molecular weight excluding hydrogens is 331 g/mol. The minimum atomic E-state index is -0.783. The number of nitrogens with one attached hydrogen (secondary N) is 1. The Kier molecular flexibility index (Phi) is 4.26. The zero-order valence-corrected chi connectivity index (χ0v) is 13.5. The minimum Gasteiger partial charge on any atom is -0.273 e. The topological polar surface area (TPSA) is 66.5 Å². The van der Waals surface area contributed by atoms with E-state index in [0.717, 1.165) is 14.7 Å². The summed E-state index contributed by atoms with van der Waals surface area (Å²) in [7, 11) is 0. The lowest BCUT2D eigenvalue weighted by molar-refractivity contribution is -0.130. The molecule has 1 aromatic carbocycles. The number of barbiturate groups is 1. The van der Waals surface area contributed by atoms with E-state index in [1.807, 2.05) is 13.0 Å². The second-order valence-electron chi connectivity index (χ2n) is 5.28. The van der Waals surface area contributed by atoms with E-state index in [2.05, 4.69) is 5.32 Å².